The first-order valence-electron chi connectivity index (χ1n) is 9.17. The number of carbonyl (C=O) groups excluding carboxylic acids is 1. The van der Waals surface area contributed by atoms with Gasteiger partial charge in [-0.3, -0.25) is 9.69 Å². The molecule has 0 fully saturated rings. The maximum Gasteiger partial charge on any atom is 0.323 e. The van der Waals surface area contributed by atoms with E-state index in [4.69, 9.17) is 4.74 Å². The van der Waals surface area contributed by atoms with Gasteiger partial charge in [-0.2, -0.15) is 0 Å². The zero-order valence-corrected chi connectivity index (χ0v) is 15.4. The maximum absolute atomic E-state index is 12.5. The van der Waals surface area contributed by atoms with E-state index < -0.39 is 0 Å². The van der Waals surface area contributed by atoms with Gasteiger partial charge >= 0.3 is 5.97 Å². The average molecular weight is 361 g/mol. The van der Waals surface area contributed by atoms with E-state index in [-0.39, 0.29) is 12.0 Å². The molecule has 0 bridgehead atoms. The summed E-state index contributed by atoms with van der Waals surface area (Å²) in [6.45, 7) is 2.10. The molecule has 5 heteroatoms. The van der Waals surface area contributed by atoms with Crippen LogP contribution in [0.3, 0.4) is 0 Å². The molecule has 1 aliphatic heterocycles. The van der Waals surface area contributed by atoms with E-state index in [1.165, 1.54) is 18.2 Å². The third-order valence-corrected chi connectivity index (χ3v) is 5.11. The van der Waals surface area contributed by atoms with Crippen molar-refractivity contribution in [3.8, 4) is 0 Å². The molecule has 0 spiro atoms. The molecule has 0 saturated carbocycles. The number of esters is 1. The Labute approximate surface area is 159 Å². The van der Waals surface area contributed by atoms with Crippen LogP contribution in [0.15, 0.2) is 67.0 Å². The van der Waals surface area contributed by atoms with Crippen molar-refractivity contribution in [2.24, 2.45) is 0 Å². The molecule has 1 atom stereocenters. The minimum Gasteiger partial charge on any atom is -0.468 e. The summed E-state index contributed by atoms with van der Waals surface area (Å²) in [7, 11) is 1.46. The lowest BCUT2D eigenvalue weighted by Crippen LogP contribution is -2.46. The summed E-state index contributed by atoms with van der Waals surface area (Å²) in [5.41, 5.74) is 4.57. The zero-order valence-electron chi connectivity index (χ0n) is 15.4. The van der Waals surface area contributed by atoms with Crippen LogP contribution in [0.2, 0.25) is 0 Å². The summed E-state index contributed by atoms with van der Waals surface area (Å²) in [5.74, 6) is -0.191. The average Bonchev–Trinajstić information content (AvgIpc) is 3.10. The van der Waals surface area contributed by atoms with Crippen molar-refractivity contribution in [2.45, 2.75) is 32.1 Å². The number of carbonyl (C=O) groups is 1. The van der Waals surface area contributed by atoms with Crippen LogP contribution >= 0.6 is 0 Å². The van der Waals surface area contributed by atoms with Gasteiger partial charge in [-0.25, -0.2) is 4.98 Å². The fraction of sp³-hybridized carbons (Fsp3) is 0.273. The molecule has 1 aromatic heterocycles. The Morgan fingerprint density at radius 1 is 1.04 bits per heavy atom. The molecule has 0 amide bonds. The molecule has 138 valence electrons. The Kier molecular flexibility index (Phi) is 5.03. The SMILES string of the molecule is COC(=O)[C@H]1Cc2c(ncn2Cc2ccccc2)CN1Cc1ccccc1. The first-order valence-corrected chi connectivity index (χ1v) is 9.17. The van der Waals surface area contributed by atoms with Crippen molar-refractivity contribution in [2.75, 3.05) is 7.11 Å². The monoisotopic (exact) mass is 361 g/mol. The molecular formula is C22H23N3O2. The van der Waals surface area contributed by atoms with Crippen LogP contribution in [0, 0.1) is 0 Å². The summed E-state index contributed by atoms with van der Waals surface area (Å²) in [6.07, 6.45) is 2.50. The third-order valence-electron chi connectivity index (χ3n) is 5.11. The number of rotatable bonds is 5. The molecule has 4 rings (SSSR count). The van der Waals surface area contributed by atoms with E-state index in [2.05, 4.69) is 38.7 Å². The first-order chi connectivity index (χ1) is 13.2. The third kappa shape index (κ3) is 3.78. The number of imidazole rings is 1. The van der Waals surface area contributed by atoms with Crippen LogP contribution in [-0.4, -0.2) is 33.6 Å². The van der Waals surface area contributed by atoms with Gasteiger partial charge in [0.1, 0.15) is 6.04 Å². The molecular weight excluding hydrogens is 338 g/mol. The lowest BCUT2D eigenvalue weighted by Gasteiger charge is -2.33. The molecule has 0 N–H and O–H groups in total. The van der Waals surface area contributed by atoms with Gasteiger partial charge in [-0.1, -0.05) is 60.7 Å². The smallest absolute Gasteiger partial charge is 0.323 e. The summed E-state index contributed by atoms with van der Waals surface area (Å²) < 4.78 is 7.25. The Bertz CT molecular complexity index is 906. The van der Waals surface area contributed by atoms with Crippen LogP contribution < -0.4 is 0 Å². The van der Waals surface area contributed by atoms with Crippen molar-refractivity contribution in [3.05, 3.63) is 89.5 Å². The van der Waals surface area contributed by atoms with Gasteiger partial charge in [0.15, 0.2) is 0 Å². The van der Waals surface area contributed by atoms with E-state index >= 15 is 0 Å². The van der Waals surface area contributed by atoms with Crippen LogP contribution in [0.1, 0.15) is 22.5 Å². The van der Waals surface area contributed by atoms with Crippen molar-refractivity contribution in [1.29, 1.82) is 0 Å². The molecule has 2 aromatic carbocycles. The van der Waals surface area contributed by atoms with Crippen molar-refractivity contribution >= 4 is 5.97 Å². The predicted molar refractivity (Wildman–Crippen MR) is 103 cm³/mol. The van der Waals surface area contributed by atoms with Gasteiger partial charge in [0.05, 0.1) is 19.1 Å². The van der Waals surface area contributed by atoms with Gasteiger partial charge in [-0.15, -0.1) is 0 Å². The standard InChI is InChI=1S/C22H23N3O2/c1-27-22(26)21-12-20-19(15-24(21)13-17-8-4-2-5-9-17)23-16-25(20)14-18-10-6-3-7-11-18/h2-11,16,21H,12-15H2,1H3/t21-/m1/s1. The first kappa shape index (κ1) is 17.5. The summed E-state index contributed by atoms with van der Waals surface area (Å²) in [5, 5.41) is 0. The van der Waals surface area contributed by atoms with Crippen LogP contribution in [0.25, 0.3) is 0 Å². The Hall–Kier alpha value is -2.92. The molecule has 2 heterocycles. The molecule has 27 heavy (non-hydrogen) atoms. The molecule has 0 aliphatic carbocycles. The zero-order chi connectivity index (χ0) is 18.6. The molecule has 5 nitrogen and oxygen atoms in total. The number of ether oxygens (including phenoxy) is 1. The van der Waals surface area contributed by atoms with Crippen molar-refractivity contribution in [3.63, 3.8) is 0 Å². The van der Waals surface area contributed by atoms with Crippen LogP contribution in [0.4, 0.5) is 0 Å². The largest absolute Gasteiger partial charge is 0.468 e. The van der Waals surface area contributed by atoms with E-state index in [1.807, 2.05) is 42.7 Å². The molecule has 1 aliphatic rings. The summed E-state index contributed by atoms with van der Waals surface area (Å²) in [6, 6.07) is 20.2. The van der Waals surface area contributed by atoms with Crippen molar-refractivity contribution < 1.29 is 9.53 Å². The second kappa shape index (κ2) is 7.76. The number of hydrogen-bond donors (Lipinski definition) is 0. The van der Waals surface area contributed by atoms with Gasteiger partial charge in [0.25, 0.3) is 0 Å². The van der Waals surface area contributed by atoms with Crippen LogP contribution in [-0.2, 0) is 35.6 Å². The van der Waals surface area contributed by atoms with E-state index in [0.29, 0.717) is 19.5 Å². The Morgan fingerprint density at radius 3 is 2.30 bits per heavy atom. The highest BCUT2D eigenvalue weighted by atomic mass is 16.5. The molecule has 0 saturated heterocycles. The number of fused-ring (bicyclic) bond motifs is 1. The number of nitrogens with zero attached hydrogens (tertiary/aromatic N) is 3. The lowest BCUT2D eigenvalue weighted by atomic mass is 10.0. The minimum atomic E-state index is -0.297. The lowest BCUT2D eigenvalue weighted by molar-refractivity contribution is -0.148. The molecule has 3 aromatic rings. The second-order valence-corrected chi connectivity index (χ2v) is 6.89. The highest BCUT2D eigenvalue weighted by Gasteiger charge is 2.34. The summed E-state index contributed by atoms with van der Waals surface area (Å²) in [4.78, 5) is 19.3. The minimum absolute atomic E-state index is 0.191. The quantitative estimate of drug-likeness (QED) is 0.656. The highest BCUT2D eigenvalue weighted by molar-refractivity contribution is 5.76. The van der Waals surface area contributed by atoms with Crippen molar-refractivity contribution in [1.82, 2.24) is 14.5 Å². The van der Waals surface area contributed by atoms with Gasteiger partial charge in [0, 0.05) is 31.7 Å². The number of aromatic nitrogens is 2. The number of hydrogen-bond acceptors (Lipinski definition) is 4. The maximum atomic E-state index is 12.5. The summed E-state index contributed by atoms with van der Waals surface area (Å²) >= 11 is 0. The normalized spacial score (nSPS) is 16.7. The fourth-order valence-corrected chi connectivity index (χ4v) is 3.70. The fourth-order valence-electron chi connectivity index (χ4n) is 3.70. The van der Waals surface area contributed by atoms with E-state index in [9.17, 15) is 4.79 Å². The Balaban J connectivity index is 1.60. The Morgan fingerprint density at radius 2 is 1.67 bits per heavy atom. The number of benzene rings is 2. The predicted octanol–water partition coefficient (Wildman–Crippen LogP) is 3.03. The van der Waals surface area contributed by atoms with Gasteiger partial charge in [-0.05, 0) is 11.1 Å². The highest BCUT2D eigenvalue weighted by Crippen LogP contribution is 2.25. The molecule has 0 radical (unpaired) electrons. The van der Waals surface area contributed by atoms with Crippen LogP contribution in [0.5, 0.6) is 0 Å². The number of methoxy groups -OCH3 is 1. The van der Waals surface area contributed by atoms with E-state index in [1.54, 1.807) is 0 Å². The molecule has 0 unspecified atom stereocenters. The second-order valence-electron chi connectivity index (χ2n) is 6.89. The van der Waals surface area contributed by atoms with E-state index in [0.717, 1.165) is 17.9 Å². The van der Waals surface area contributed by atoms with Gasteiger partial charge < -0.3 is 9.30 Å². The topological polar surface area (TPSA) is 47.4 Å². The van der Waals surface area contributed by atoms with Gasteiger partial charge in [0.2, 0.25) is 0 Å².